The SMILES string of the molecule is C[C@H](OC[C@@H]1CO1)c1ccc(F)cc1. The molecule has 0 saturated carbocycles. The van der Waals surface area contributed by atoms with E-state index >= 15 is 0 Å². The molecule has 0 unspecified atom stereocenters. The molecule has 0 aliphatic carbocycles. The van der Waals surface area contributed by atoms with Gasteiger partial charge in [-0.2, -0.15) is 0 Å². The fourth-order valence-corrected chi connectivity index (χ4v) is 1.25. The highest BCUT2D eigenvalue weighted by Crippen LogP contribution is 2.19. The highest BCUT2D eigenvalue weighted by molar-refractivity contribution is 5.18. The molecule has 2 atom stereocenters. The van der Waals surface area contributed by atoms with Gasteiger partial charge in [-0.15, -0.1) is 0 Å². The van der Waals surface area contributed by atoms with Crippen molar-refractivity contribution in [2.45, 2.75) is 19.1 Å². The van der Waals surface area contributed by atoms with Gasteiger partial charge in [0.15, 0.2) is 0 Å². The zero-order valence-electron chi connectivity index (χ0n) is 8.07. The number of hydrogen-bond donors (Lipinski definition) is 0. The van der Waals surface area contributed by atoms with Crippen LogP contribution in [0, 0.1) is 5.82 Å². The van der Waals surface area contributed by atoms with Gasteiger partial charge in [-0.05, 0) is 24.6 Å². The van der Waals surface area contributed by atoms with Crippen molar-refractivity contribution in [3.63, 3.8) is 0 Å². The minimum Gasteiger partial charge on any atom is -0.371 e. The molecule has 0 bridgehead atoms. The van der Waals surface area contributed by atoms with Crippen molar-refractivity contribution in [1.82, 2.24) is 0 Å². The first-order chi connectivity index (χ1) is 6.75. The van der Waals surface area contributed by atoms with Gasteiger partial charge in [-0.1, -0.05) is 12.1 Å². The van der Waals surface area contributed by atoms with Crippen LogP contribution in [0.4, 0.5) is 4.39 Å². The van der Waals surface area contributed by atoms with E-state index in [4.69, 9.17) is 9.47 Å². The molecule has 1 aliphatic rings. The summed E-state index contributed by atoms with van der Waals surface area (Å²) in [6.07, 6.45) is 0.276. The standard InChI is InChI=1S/C11H13FO2/c1-8(13-6-11-7-14-11)9-2-4-10(12)5-3-9/h2-5,8,11H,6-7H2,1H3/t8-,11+/m0/s1. The van der Waals surface area contributed by atoms with Crippen molar-refractivity contribution in [1.29, 1.82) is 0 Å². The third kappa shape index (κ3) is 2.53. The molecule has 2 rings (SSSR count). The summed E-state index contributed by atoms with van der Waals surface area (Å²) < 4.78 is 23.2. The van der Waals surface area contributed by atoms with E-state index in [0.29, 0.717) is 6.61 Å². The molecule has 76 valence electrons. The van der Waals surface area contributed by atoms with Crippen LogP contribution in [0.3, 0.4) is 0 Å². The molecule has 1 aromatic carbocycles. The van der Waals surface area contributed by atoms with Gasteiger partial charge in [-0.3, -0.25) is 0 Å². The Hall–Kier alpha value is -0.930. The molecular formula is C11H13FO2. The van der Waals surface area contributed by atoms with Crippen LogP contribution in [0.25, 0.3) is 0 Å². The quantitative estimate of drug-likeness (QED) is 0.689. The molecule has 1 aromatic rings. The number of rotatable bonds is 4. The second-order valence-electron chi connectivity index (χ2n) is 3.48. The maximum Gasteiger partial charge on any atom is 0.123 e. The lowest BCUT2D eigenvalue weighted by molar-refractivity contribution is 0.0539. The Balaban J connectivity index is 1.88. The molecule has 0 aromatic heterocycles. The third-order valence-corrected chi connectivity index (χ3v) is 2.27. The molecule has 1 saturated heterocycles. The van der Waals surface area contributed by atoms with Crippen LogP contribution < -0.4 is 0 Å². The van der Waals surface area contributed by atoms with Crippen molar-refractivity contribution < 1.29 is 13.9 Å². The Bertz CT molecular complexity index is 293. The summed E-state index contributed by atoms with van der Waals surface area (Å²) in [6, 6.07) is 6.38. The van der Waals surface area contributed by atoms with E-state index in [-0.39, 0.29) is 18.0 Å². The lowest BCUT2D eigenvalue weighted by Crippen LogP contribution is -2.05. The molecule has 1 aliphatic heterocycles. The van der Waals surface area contributed by atoms with Crippen LogP contribution >= 0.6 is 0 Å². The summed E-state index contributed by atoms with van der Waals surface area (Å²) in [4.78, 5) is 0. The van der Waals surface area contributed by atoms with Gasteiger partial charge in [0, 0.05) is 0 Å². The van der Waals surface area contributed by atoms with E-state index in [1.54, 1.807) is 12.1 Å². The van der Waals surface area contributed by atoms with Crippen molar-refractivity contribution in [2.75, 3.05) is 13.2 Å². The predicted molar refractivity (Wildman–Crippen MR) is 50.5 cm³/mol. The summed E-state index contributed by atoms with van der Waals surface area (Å²) in [5.74, 6) is -0.216. The maximum atomic E-state index is 12.6. The average molecular weight is 196 g/mol. The highest BCUT2D eigenvalue weighted by Gasteiger charge is 2.23. The molecule has 1 heterocycles. The van der Waals surface area contributed by atoms with Gasteiger partial charge in [-0.25, -0.2) is 4.39 Å². The Morgan fingerprint density at radius 1 is 1.50 bits per heavy atom. The van der Waals surface area contributed by atoms with Crippen molar-refractivity contribution in [2.24, 2.45) is 0 Å². The smallest absolute Gasteiger partial charge is 0.123 e. The second-order valence-corrected chi connectivity index (χ2v) is 3.48. The molecule has 0 amide bonds. The normalized spacial score (nSPS) is 22.0. The van der Waals surface area contributed by atoms with Gasteiger partial charge in [0.2, 0.25) is 0 Å². The minimum absolute atomic E-state index is 0.000185. The second kappa shape index (κ2) is 4.07. The third-order valence-electron chi connectivity index (χ3n) is 2.27. The lowest BCUT2D eigenvalue weighted by Gasteiger charge is -2.12. The zero-order valence-corrected chi connectivity index (χ0v) is 8.07. The van der Waals surface area contributed by atoms with Crippen LogP contribution in [-0.4, -0.2) is 19.3 Å². The first kappa shape index (κ1) is 9.62. The van der Waals surface area contributed by atoms with Gasteiger partial charge >= 0.3 is 0 Å². The number of ether oxygens (including phenoxy) is 2. The topological polar surface area (TPSA) is 21.8 Å². The Morgan fingerprint density at radius 3 is 2.71 bits per heavy atom. The first-order valence-electron chi connectivity index (χ1n) is 4.74. The van der Waals surface area contributed by atoms with Crippen LogP contribution in [0.1, 0.15) is 18.6 Å². The molecule has 0 radical (unpaired) electrons. The molecule has 2 nitrogen and oxygen atoms in total. The number of epoxide rings is 1. The number of hydrogen-bond acceptors (Lipinski definition) is 2. The van der Waals surface area contributed by atoms with Gasteiger partial charge in [0.1, 0.15) is 11.9 Å². The number of halogens is 1. The zero-order chi connectivity index (χ0) is 9.97. The fraction of sp³-hybridized carbons (Fsp3) is 0.455. The summed E-state index contributed by atoms with van der Waals surface area (Å²) in [5, 5.41) is 0. The van der Waals surface area contributed by atoms with Gasteiger partial charge in [0.25, 0.3) is 0 Å². The van der Waals surface area contributed by atoms with Gasteiger partial charge in [0.05, 0.1) is 19.3 Å². The number of benzene rings is 1. The summed E-state index contributed by atoms with van der Waals surface area (Å²) in [6.45, 7) is 3.38. The van der Waals surface area contributed by atoms with E-state index in [2.05, 4.69) is 0 Å². The molecular weight excluding hydrogens is 183 g/mol. The molecule has 0 N–H and O–H groups in total. The van der Waals surface area contributed by atoms with Crippen LogP contribution in [0.5, 0.6) is 0 Å². The monoisotopic (exact) mass is 196 g/mol. The van der Waals surface area contributed by atoms with E-state index in [1.165, 1.54) is 12.1 Å². The largest absolute Gasteiger partial charge is 0.371 e. The van der Waals surface area contributed by atoms with Crippen LogP contribution in [-0.2, 0) is 9.47 Å². The van der Waals surface area contributed by atoms with E-state index in [9.17, 15) is 4.39 Å². The van der Waals surface area contributed by atoms with Crippen molar-refractivity contribution in [3.05, 3.63) is 35.6 Å². The van der Waals surface area contributed by atoms with Crippen molar-refractivity contribution >= 4 is 0 Å². The fourth-order valence-electron chi connectivity index (χ4n) is 1.25. The van der Waals surface area contributed by atoms with Crippen LogP contribution in [0.2, 0.25) is 0 Å². The molecule has 14 heavy (non-hydrogen) atoms. The van der Waals surface area contributed by atoms with E-state index in [1.807, 2.05) is 6.92 Å². The molecule has 3 heteroatoms. The van der Waals surface area contributed by atoms with Gasteiger partial charge < -0.3 is 9.47 Å². The Morgan fingerprint density at radius 2 is 2.14 bits per heavy atom. The van der Waals surface area contributed by atoms with E-state index in [0.717, 1.165) is 12.2 Å². The maximum absolute atomic E-state index is 12.6. The lowest BCUT2D eigenvalue weighted by atomic mass is 10.1. The first-order valence-corrected chi connectivity index (χ1v) is 4.74. The van der Waals surface area contributed by atoms with E-state index < -0.39 is 0 Å². The highest BCUT2D eigenvalue weighted by atomic mass is 19.1. The molecule has 0 spiro atoms. The minimum atomic E-state index is -0.216. The van der Waals surface area contributed by atoms with Crippen LogP contribution in [0.15, 0.2) is 24.3 Å². The average Bonchev–Trinajstić information content (AvgIpc) is 2.99. The Labute approximate surface area is 82.6 Å². The summed E-state index contributed by atoms with van der Waals surface area (Å²) in [5.41, 5.74) is 0.993. The summed E-state index contributed by atoms with van der Waals surface area (Å²) in [7, 11) is 0. The Kier molecular flexibility index (Phi) is 2.79. The summed E-state index contributed by atoms with van der Waals surface area (Å²) >= 11 is 0. The molecule has 1 fully saturated rings. The van der Waals surface area contributed by atoms with Crippen molar-refractivity contribution in [3.8, 4) is 0 Å². The predicted octanol–water partition coefficient (Wildman–Crippen LogP) is 2.30.